The molecule has 0 saturated carbocycles. The fourth-order valence-electron chi connectivity index (χ4n) is 1.94. The first-order valence-corrected chi connectivity index (χ1v) is 10.1. The Labute approximate surface area is 124 Å². The summed E-state index contributed by atoms with van der Waals surface area (Å²) in [5.41, 5.74) is 0. The molecule has 0 aliphatic carbocycles. The van der Waals surface area contributed by atoms with Gasteiger partial charge < -0.3 is 13.6 Å². The molecule has 0 rings (SSSR count). The summed E-state index contributed by atoms with van der Waals surface area (Å²) in [6, 6.07) is 0.845. The van der Waals surface area contributed by atoms with Gasteiger partial charge in [0, 0.05) is 19.8 Å². The number of carbonyl (C=O) groups is 1. The van der Waals surface area contributed by atoms with Gasteiger partial charge in [-0.3, -0.25) is 4.79 Å². The molecule has 0 heterocycles. The third-order valence-corrected chi connectivity index (χ3v) is 5.89. The summed E-state index contributed by atoms with van der Waals surface area (Å²) in [5, 5.41) is 0. The molecule has 5 heteroatoms. The summed E-state index contributed by atoms with van der Waals surface area (Å²) in [6.45, 7) is 11.8. The first kappa shape index (κ1) is 19.5. The van der Waals surface area contributed by atoms with Crippen LogP contribution < -0.4 is 0 Å². The average Bonchev–Trinajstić information content (AvgIpc) is 2.39. The average molecular weight is 302 g/mol. The summed E-state index contributed by atoms with van der Waals surface area (Å²) >= 11 is 0. The van der Waals surface area contributed by atoms with Crippen molar-refractivity contribution in [2.75, 3.05) is 19.8 Å². The molecule has 0 aliphatic heterocycles. The Morgan fingerprint density at radius 2 is 2.00 bits per heavy atom. The molecule has 0 radical (unpaired) electrons. The zero-order valence-corrected chi connectivity index (χ0v) is 14.6. The monoisotopic (exact) mass is 302 g/mol. The Morgan fingerprint density at radius 1 is 1.30 bits per heavy atom. The molecule has 0 aromatic carbocycles. The van der Waals surface area contributed by atoms with Crippen molar-refractivity contribution in [3.8, 4) is 0 Å². The first-order valence-electron chi connectivity index (χ1n) is 7.55. The van der Waals surface area contributed by atoms with Crippen molar-refractivity contribution in [3.05, 3.63) is 12.2 Å². The van der Waals surface area contributed by atoms with Crippen LogP contribution >= 0.6 is 0 Å². The summed E-state index contributed by atoms with van der Waals surface area (Å²) in [6.07, 6.45) is 4.79. The van der Waals surface area contributed by atoms with Crippen LogP contribution in [-0.2, 0) is 18.4 Å². The zero-order valence-electron chi connectivity index (χ0n) is 13.6. The SMILES string of the molecule is CC=CC(=O)C(C)O[Si](C)(CCCOCCC)OCC. The standard InChI is InChI=1S/C15H30O4Si/c1-6-10-15(16)14(4)19-20(5,18-8-3)13-9-12-17-11-7-2/h6,10,14H,7-9,11-13H2,1-5H3. The van der Waals surface area contributed by atoms with E-state index in [1.165, 1.54) is 0 Å². The second-order valence-electron chi connectivity index (χ2n) is 4.95. The Kier molecular flexibility index (Phi) is 10.9. The van der Waals surface area contributed by atoms with Crippen molar-refractivity contribution in [1.82, 2.24) is 0 Å². The highest BCUT2D eigenvalue weighted by molar-refractivity contribution is 6.66. The quantitative estimate of drug-likeness (QED) is 0.315. The van der Waals surface area contributed by atoms with Gasteiger partial charge in [0.1, 0.15) is 6.10 Å². The highest BCUT2D eigenvalue weighted by Crippen LogP contribution is 2.19. The van der Waals surface area contributed by atoms with Gasteiger partial charge in [0.05, 0.1) is 0 Å². The molecule has 0 aromatic heterocycles. The second kappa shape index (κ2) is 11.2. The predicted molar refractivity (Wildman–Crippen MR) is 84.1 cm³/mol. The van der Waals surface area contributed by atoms with E-state index in [1.807, 2.05) is 20.4 Å². The Bertz CT molecular complexity index is 294. The van der Waals surface area contributed by atoms with E-state index in [2.05, 4.69) is 6.92 Å². The molecule has 0 aliphatic rings. The van der Waals surface area contributed by atoms with Crippen molar-refractivity contribution in [1.29, 1.82) is 0 Å². The van der Waals surface area contributed by atoms with Crippen LogP contribution in [0, 0.1) is 0 Å². The van der Waals surface area contributed by atoms with Crippen LogP contribution in [0.15, 0.2) is 12.2 Å². The summed E-state index contributed by atoms with van der Waals surface area (Å²) in [4.78, 5) is 11.8. The summed E-state index contributed by atoms with van der Waals surface area (Å²) < 4.78 is 17.3. The second-order valence-corrected chi connectivity index (χ2v) is 8.24. The summed E-state index contributed by atoms with van der Waals surface area (Å²) in [5.74, 6) is -0.00633. The van der Waals surface area contributed by atoms with Crippen LogP contribution in [0.25, 0.3) is 0 Å². The minimum atomic E-state index is -2.30. The Morgan fingerprint density at radius 3 is 2.55 bits per heavy atom. The van der Waals surface area contributed by atoms with E-state index in [4.69, 9.17) is 13.6 Å². The van der Waals surface area contributed by atoms with Crippen LogP contribution in [0.4, 0.5) is 0 Å². The fourth-order valence-corrected chi connectivity index (χ4v) is 4.54. The van der Waals surface area contributed by atoms with E-state index in [-0.39, 0.29) is 5.78 Å². The number of ether oxygens (including phenoxy) is 1. The largest absolute Gasteiger partial charge is 0.395 e. The molecule has 0 bridgehead atoms. The molecule has 20 heavy (non-hydrogen) atoms. The van der Waals surface area contributed by atoms with Gasteiger partial charge in [-0.05, 0) is 52.3 Å². The van der Waals surface area contributed by atoms with Crippen molar-refractivity contribution in [2.24, 2.45) is 0 Å². The Balaban J connectivity index is 4.32. The maximum Gasteiger partial charge on any atom is 0.335 e. The number of hydrogen-bond donors (Lipinski definition) is 0. The van der Waals surface area contributed by atoms with Crippen molar-refractivity contribution < 1.29 is 18.4 Å². The number of rotatable bonds is 12. The highest BCUT2D eigenvalue weighted by Gasteiger charge is 2.34. The molecule has 0 fully saturated rings. The molecule has 0 aromatic rings. The van der Waals surface area contributed by atoms with E-state index in [0.29, 0.717) is 6.61 Å². The third-order valence-electron chi connectivity index (χ3n) is 2.88. The van der Waals surface area contributed by atoms with Gasteiger partial charge in [-0.2, -0.15) is 0 Å². The minimum Gasteiger partial charge on any atom is -0.395 e. The zero-order chi connectivity index (χ0) is 15.4. The number of ketones is 1. The minimum absolute atomic E-state index is 0.00633. The van der Waals surface area contributed by atoms with Crippen LogP contribution in [-0.4, -0.2) is 40.3 Å². The lowest BCUT2D eigenvalue weighted by Gasteiger charge is -2.29. The molecule has 0 N–H and O–H groups in total. The molecule has 118 valence electrons. The van der Waals surface area contributed by atoms with E-state index < -0.39 is 14.7 Å². The number of hydrogen-bond acceptors (Lipinski definition) is 4. The molecular weight excluding hydrogens is 272 g/mol. The van der Waals surface area contributed by atoms with E-state index in [1.54, 1.807) is 19.1 Å². The molecule has 0 amide bonds. The fraction of sp³-hybridized carbons (Fsp3) is 0.800. The van der Waals surface area contributed by atoms with Crippen LogP contribution in [0.5, 0.6) is 0 Å². The maximum atomic E-state index is 11.8. The van der Waals surface area contributed by atoms with Crippen molar-refractivity contribution in [3.63, 3.8) is 0 Å². The lowest BCUT2D eigenvalue weighted by atomic mass is 10.2. The van der Waals surface area contributed by atoms with Crippen molar-refractivity contribution >= 4 is 14.3 Å². The van der Waals surface area contributed by atoms with Crippen LogP contribution in [0.2, 0.25) is 12.6 Å². The smallest absolute Gasteiger partial charge is 0.335 e. The van der Waals surface area contributed by atoms with Gasteiger partial charge in [0.2, 0.25) is 0 Å². The topological polar surface area (TPSA) is 44.8 Å². The van der Waals surface area contributed by atoms with E-state index in [9.17, 15) is 4.79 Å². The molecular formula is C15H30O4Si. The highest BCUT2D eigenvalue weighted by atomic mass is 28.4. The third kappa shape index (κ3) is 8.63. The van der Waals surface area contributed by atoms with Gasteiger partial charge in [-0.15, -0.1) is 0 Å². The lowest BCUT2D eigenvalue weighted by molar-refractivity contribution is -0.121. The maximum absolute atomic E-state index is 11.8. The lowest BCUT2D eigenvalue weighted by Crippen LogP contribution is -2.43. The normalized spacial score (nSPS) is 16.2. The van der Waals surface area contributed by atoms with Gasteiger partial charge in [0.15, 0.2) is 5.78 Å². The molecule has 0 spiro atoms. The molecule has 0 saturated heterocycles. The van der Waals surface area contributed by atoms with Gasteiger partial charge in [0.25, 0.3) is 0 Å². The molecule has 4 nitrogen and oxygen atoms in total. The molecule has 2 unspecified atom stereocenters. The van der Waals surface area contributed by atoms with E-state index in [0.717, 1.165) is 32.1 Å². The Hall–Kier alpha value is -0.493. The van der Waals surface area contributed by atoms with Crippen molar-refractivity contribution in [2.45, 2.75) is 59.2 Å². The van der Waals surface area contributed by atoms with Crippen LogP contribution in [0.1, 0.15) is 40.5 Å². The number of carbonyl (C=O) groups excluding carboxylic acids is 1. The number of allylic oxidation sites excluding steroid dienone is 1. The van der Waals surface area contributed by atoms with Crippen LogP contribution in [0.3, 0.4) is 0 Å². The predicted octanol–water partition coefficient (Wildman–Crippen LogP) is 3.46. The first-order chi connectivity index (χ1) is 9.49. The van der Waals surface area contributed by atoms with Gasteiger partial charge in [-0.25, -0.2) is 0 Å². The summed E-state index contributed by atoms with van der Waals surface area (Å²) in [7, 11) is -2.30. The molecule has 2 atom stereocenters. The van der Waals surface area contributed by atoms with E-state index >= 15 is 0 Å². The van der Waals surface area contributed by atoms with Gasteiger partial charge >= 0.3 is 8.56 Å². The van der Waals surface area contributed by atoms with Gasteiger partial charge in [-0.1, -0.05) is 13.0 Å².